The van der Waals surface area contributed by atoms with Crippen LogP contribution in [0, 0.1) is 5.82 Å². The molecule has 0 amide bonds. The molecule has 0 atom stereocenters. The van der Waals surface area contributed by atoms with Crippen molar-refractivity contribution < 1.29 is 4.39 Å². The van der Waals surface area contributed by atoms with E-state index in [4.69, 9.17) is 0 Å². The molecule has 68 valence electrons. The monoisotopic (exact) mass is 177 g/mol. The molecule has 0 aliphatic carbocycles. The highest BCUT2D eigenvalue weighted by Gasteiger charge is 2.14. The summed E-state index contributed by atoms with van der Waals surface area (Å²) in [4.78, 5) is 2.03. The van der Waals surface area contributed by atoms with E-state index in [0.717, 1.165) is 24.3 Å². The van der Waals surface area contributed by atoms with E-state index in [1.165, 1.54) is 6.07 Å². The number of anilines is 1. The smallest absolute Gasteiger partial charge is 0.147 e. The zero-order valence-electron chi connectivity index (χ0n) is 7.63. The number of hydrogen-bond donors (Lipinski definition) is 0. The van der Waals surface area contributed by atoms with Gasteiger partial charge in [0.15, 0.2) is 0 Å². The van der Waals surface area contributed by atoms with Crippen LogP contribution in [0.5, 0.6) is 0 Å². The molecule has 13 heavy (non-hydrogen) atoms. The average Bonchev–Trinajstić information content (AvgIpc) is 2.17. The summed E-state index contributed by atoms with van der Waals surface area (Å²) in [5.41, 5.74) is 1.72. The molecular weight excluding hydrogens is 165 g/mol. The van der Waals surface area contributed by atoms with Crippen molar-refractivity contribution in [1.29, 1.82) is 0 Å². The van der Waals surface area contributed by atoms with Crippen molar-refractivity contribution in [2.45, 2.75) is 6.92 Å². The highest BCUT2D eigenvalue weighted by molar-refractivity contribution is 5.71. The van der Waals surface area contributed by atoms with Crippen LogP contribution in [0.4, 0.5) is 10.1 Å². The summed E-state index contributed by atoms with van der Waals surface area (Å²) in [6.07, 6.45) is 4.04. The van der Waals surface area contributed by atoms with Gasteiger partial charge in [-0.2, -0.15) is 0 Å². The van der Waals surface area contributed by atoms with Crippen LogP contribution < -0.4 is 4.90 Å². The Bertz CT molecular complexity index is 344. The molecule has 1 aliphatic rings. The fraction of sp³-hybridized carbons (Fsp3) is 0.273. The van der Waals surface area contributed by atoms with Crippen molar-refractivity contribution in [2.75, 3.05) is 18.0 Å². The van der Waals surface area contributed by atoms with Crippen LogP contribution >= 0.6 is 0 Å². The number of halogens is 1. The third-order valence-electron chi connectivity index (χ3n) is 2.34. The Balaban J connectivity index is 2.54. The molecule has 0 N–H and O–H groups in total. The quantitative estimate of drug-likeness (QED) is 0.637. The SMILES string of the molecule is CCN1CC=Cc2cccc(F)c21. The third kappa shape index (κ3) is 1.32. The van der Waals surface area contributed by atoms with E-state index in [-0.39, 0.29) is 5.82 Å². The number of hydrogen-bond acceptors (Lipinski definition) is 1. The minimum atomic E-state index is -0.122. The standard InChI is InChI=1S/C11H12FN/c1-2-13-8-4-6-9-5-3-7-10(12)11(9)13/h3-7H,2,8H2,1H3. The van der Waals surface area contributed by atoms with Crippen molar-refractivity contribution in [1.82, 2.24) is 0 Å². The van der Waals surface area contributed by atoms with Crippen LogP contribution in [-0.4, -0.2) is 13.1 Å². The summed E-state index contributed by atoms with van der Waals surface area (Å²) < 4.78 is 13.4. The second-order valence-electron chi connectivity index (χ2n) is 3.12. The van der Waals surface area contributed by atoms with Gasteiger partial charge in [-0.1, -0.05) is 24.3 Å². The van der Waals surface area contributed by atoms with E-state index in [9.17, 15) is 4.39 Å². The fourth-order valence-electron chi connectivity index (χ4n) is 1.69. The molecule has 1 nitrogen and oxygen atoms in total. The molecule has 2 heteroatoms. The van der Waals surface area contributed by atoms with Gasteiger partial charge in [0, 0.05) is 18.7 Å². The number of benzene rings is 1. The zero-order valence-corrected chi connectivity index (χ0v) is 7.63. The van der Waals surface area contributed by atoms with Gasteiger partial charge in [0.25, 0.3) is 0 Å². The molecule has 1 aromatic rings. The number of para-hydroxylation sites is 1. The first-order valence-corrected chi connectivity index (χ1v) is 4.53. The third-order valence-corrected chi connectivity index (χ3v) is 2.34. The Morgan fingerprint density at radius 2 is 2.31 bits per heavy atom. The molecule has 0 saturated heterocycles. The molecule has 0 bridgehead atoms. The van der Waals surface area contributed by atoms with E-state index in [0.29, 0.717) is 0 Å². The van der Waals surface area contributed by atoms with Crippen LogP contribution in [0.15, 0.2) is 24.3 Å². The van der Waals surface area contributed by atoms with Gasteiger partial charge >= 0.3 is 0 Å². The lowest BCUT2D eigenvalue weighted by Gasteiger charge is -2.26. The molecule has 2 rings (SSSR count). The summed E-state index contributed by atoms with van der Waals surface area (Å²) in [7, 11) is 0. The van der Waals surface area contributed by atoms with E-state index in [1.807, 2.05) is 24.0 Å². The van der Waals surface area contributed by atoms with Crippen molar-refractivity contribution >= 4 is 11.8 Å². The van der Waals surface area contributed by atoms with Gasteiger partial charge < -0.3 is 4.90 Å². The topological polar surface area (TPSA) is 3.24 Å². The molecule has 0 radical (unpaired) electrons. The highest BCUT2D eigenvalue weighted by atomic mass is 19.1. The lowest BCUT2D eigenvalue weighted by molar-refractivity contribution is 0.620. The minimum Gasteiger partial charge on any atom is -0.365 e. The van der Waals surface area contributed by atoms with Crippen molar-refractivity contribution in [3.05, 3.63) is 35.7 Å². The van der Waals surface area contributed by atoms with Gasteiger partial charge in [-0.3, -0.25) is 0 Å². The van der Waals surface area contributed by atoms with Gasteiger partial charge in [0.1, 0.15) is 5.82 Å². The summed E-state index contributed by atoms with van der Waals surface area (Å²) in [6, 6.07) is 5.20. The molecule has 0 unspecified atom stereocenters. The number of rotatable bonds is 1. The van der Waals surface area contributed by atoms with E-state index in [2.05, 4.69) is 6.08 Å². The molecule has 0 fully saturated rings. The second-order valence-corrected chi connectivity index (χ2v) is 3.12. The molecule has 0 aromatic heterocycles. The van der Waals surface area contributed by atoms with Crippen molar-refractivity contribution in [3.8, 4) is 0 Å². The number of fused-ring (bicyclic) bond motifs is 1. The molecule has 1 heterocycles. The molecule has 1 aliphatic heterocycles. The predicted molar refractivity (Wildman–Crippen MR) is 53.3 cm³/mol. The highest BCUT2D eigenvalue weighted by Crippen LogP contribution is 2.28. The Morgan fingerprint density at radius 3 is 3.08 bits per heavy atom. The Labute approximate surface area is 77.5 Å². The Morgan fingerprint density at radius 1 is 1.46 bits per heavy atom. The Kier molecular flexibility index (Phi) is 2.05. The summed E-state index contributed by atoms with van der Waals surface area (Å²) in [6.45, 7) is 3.69. The normalized spacial score (nSPS) is 14.5. The Hall–Kier alpha value is -1.31. The summed E-state index contributed by atoms with van der Waals surface area (Å²) in [5.74, 6) is -0.122. The van der Waals surface area contributed by atoms with E-state index in [1.54, 1.807) is 6.07 Å². The van der Waals surface area contributed by atoms with Crippen LogP contribution in [-0.2, 0) is 0 Å². The van der Waals surface area contributed by atoms with Crippen LogP contribution in [0.25, 0.3) is 6.08 Å². The maximum absolute atomic E-state index is 13.4. The molecule has 0 spiro atoms. The largest absolute Gasteiger partial charge is 0.365 e. The first kappa shape index (κ1) is 8.30. The minimum absolute atomic E-state index is 0.122. The van der Waals surface area contributed by atoms with Gasteiger partial charge in [0.05, 0.1) is 5.69 Å². The van der Waals surface area contributed by atoms with Crippen molar-refractivity contribution in [2.24, 2.45) is 0 Å². The van der Waals surface area contributed by atoms with Crippen LogP contribution in [0.3, 0.4) is 0 Å². The summed E-state index contributed by atoms with van der Waals surface area (Å²) >= 11 is 0. The van der Waals surface area contributed by atoms with Crippen LogP contribution in [0.2, 0.25) is 0 Å². The van der Waals surface area contributed by atoms with E-state index >= 15 is 0 Å². The van der Waals surface area contributed by atoms with Crippen molar-refractivity contribution in [3.63, 3.8) is 0 Å². The molecule has 1 aromatic carbocycles. The van der Waals surface area contributed by atoms with E-state index < -0.39 is 0 Å². The number of likely N-dealkylation sites (N-methyl/N-ethyl adjacent to an activating group) is 1. The lowest BCUT2D eigenvalue weighted by atomic mass is 10.1. The van der Waals surface area contributed by atoms with Gasteiger partial charge in [-0.25, -0.2) is 4.39 Å². The maximum Gasteiger partial charge on any atom is 0.147 e. The molecule has 0 saturated carbocycles. The summed E-state index contributed by atoms with van der Waals surface area (Å²) in [5, 5.41) is 0. The number of nitrogens with zero attached hydrogens (tertiary/aromatic N) is 1. The second kappa shape index (κ2) is 3.21. The average molecular weight is 177 g/mol. The maximum atomic E-state index is 13.4. The lowest BCUT2D eigenvalue weighted by Crippen LogP contribution is -2.26. The predicted octanol–water partition coefficient (Wildman–Crippen LogP) is 2.68. The van der Waals surface area contributed by atoms with Gasteiger partial charge in [-0.15, -0.1) is 0 Å². The first-order valence-electron chi connectivity index (χ1n) is 4.53. The molecular formula is C11H12FN. The van der Waals surface area contributed by atoms with Crippen LogP contribution in [0.1, 0.15) is 12.5 Å². The fourth-order valence-corrected chi connectivity index (χ4v) is 1.69. The zero-order chi connectivity index (χ0) is 9.26. The van der Waals surface area contributed by atoms with Gasteiger partial charge in [0.2, 0.25) is 0 Å². The van der Waals surface area contributed by atoms with Gasteiger partial charge in [-0.05, 0) is 13.0 Å². The first-order chi connectivity index (χ1) is 6.33.